The fourth-order valence-electron chi connectivity index (χ4n) is 2.33. The van der Waals surface area contributed by atoms with Crippen molar-refractivity contribution >= 4 is 10.9 Å². The van der Waals surface area contributed by atoms with E-state index >= 15 is 0 Å². The molecule has 0 aliphatic heterocycles. The Hall–Kier alpha value is -2.17. The molecule has 2 aromatic heterocycles. The lowest BCUT2D eigenvalue weighted by Gasteiger charge is -2.16. The molecule has 4 nitrogen and oxygen atoms in total. The quantitative estimate of drug-likeness (QED) is 0.556. The molecule has 0 spiro atoms. The van der Waals surface area contributed by atoms with Crippen molar-refractivity contribution in [1.29, 1.82) is 0 Å². The number of hydrogen-bond acceptors (Lipinski definition) is 4. The minimum absolute atomic E-state index is 0.0802. The van der Waals surface area contributed by atoms with E-state index in [9.17, 15) is 0 Å². The predicted octanol–water partition coefficient (Wildman–Crippen LogP) is 2.69. The van der Waals surface area contributed by atoms with Crippen molar-refractivity contribution in [3.8, 4) is 0 Å². The molecule has 4 heteroatoms. The van der Waals surface area contributed by atoms with Crippen molar-refractivity contribution in [1.82, 2.24) is 10.4 Å². The first-order valence-corrected chi connectivity index (χ1v) is 6.14. The van der Waals surface area contributed by atoms with E-state index in [4.69, 9.17) is 10.3 Å². The molecule has 96 valence electrons. The fourth-order valence-corrected chi connectivity index (χ4v) is 2.33. The topological polar surface area (TPSA) is 64.1 Å². The molecule has 3 aromatic rings. The summed E-state index contributed by atoms with van der Waals surface area (Å²) in [4.78, 5) is 4.32. The second-order valence-electron chi connectivity index (χ2n) is 4.49. The van der Waals surface area contributed by atoms with Crippen molar-refractivity contribution in [3.63, 3.8) is 0 Å². The van der Waals surface area contributed by atoms with Crippen LogP contribution in [0.1, 0.15) is 22.9 Å². The van der Waals surface area contributed by atoms with Crippen LogP contribution in [0.15, 0.2) is 53.3 Å². The molecule has 0 radical (unpaired) electrons. The molecule has 1 atom stereocenters. The van der Waals surface area contributed by atoms with Gasteiger partial charge in [0, 0.05) is 17.1 Å². The van der Waals surface area contributed by atoms with Crippen LogP contribution in [0.5, 0.6) is 0 Å². The molecule has 0 amide bonds. The summed E-state index contributed by atoms with van der Waals surface area (Å²) in [5, 5.41) is 1.10. The molecule has 1 aromatic carbocycles. The monoisotopic (exact) mass is 253 g/mol. The molecule has 0 bridgehead atoms. The summed E-state index contributed by atoms with van der Waals surface area (Å²) in [6, 6.07) is 12.0. The number of rotatable bonds is 3. The molecular formula is C15H15N3O. The van der Waals surface area contributed by atoms with Gasteiger partial charge in [-0.25, -0.2) is 5.43 Å². The van der Waals surface area contributed by atoms with Crippen LogP contribution in [0.4, 0.5) is 0 Å². The van der Waals surface area contributed by atoms with Gasteiger partial charge in [-0.05, 0) is 36.8 Å². The number of aryl methyl sites for hydroxylation is 1. The van der Waals surface area contributed by atoms with Gasteiger partial charge in [0.1, 0.15) is 5.76 Å². The lowest BCUT2D eigenvalue weighted by molar-refractivity contribution is 0.520. The Morgan fingerprint density at radius 2 is 2.16 bits per heavy atom. The first kappa shape index (κ1) is 11.9. The van der Waals surface area contributed by atoms with Gasteiger partial charge < -0.3 is 4.42 Å². The van der Waals surface area contributed by atoms with Gasteiger partial charge >= 0.3 is 0 Å². The number of fused-ring (bicyclic) bond motifs is 1. The number of pyridine rings is 1. The van der Waals surface area contributed by atoms with Gasteiger partial charge in [0.05, 0.1) is 17.8 Å². The third-order valence-electron chi connectivity index (χ3n) is 3.34. The first-order valence-electron chi connectivity index (χ1n) is 6.14. The average molecular weight is 253 g/mol. The number of nitrogens with zero attached hydrogens (tertiary/aromatic N) is 1. The number of nitrogens with one attached hydrogen (secondary N) is 1. The van der Waals surface area contributed by atoms with Crippen molar-refractivity contribution in [2.24, 2.45) is 5.84 Å². The number of furan rings is 1. The standard InChI is InChI=1S/C15H15N3O/c1-10-13(6-8-19-10)15(18-16)12-4-5-14-11(9-12)3-2-7-17-14/h2-9,15,18H,16H2,1H3. The maximum absolute atomic E-state index is 5.70. The molecule has 0 aliphatic rings. The molecule has 3 N–H and O–H groups in total. The predicted molar refractivity (Wildman–Crippen MR) is 74.4 cm³/mol. The molecule has 19 heavy (non-hydrogen) atoms. The maximum atomic E-state index is 5.70. The van der Waals surface area contributed by atoms with Crippen molar-refractivity contribution in [3.05, 3.63) is 65.7 Å². The molecular weight excluding hydrogens is 238 g/mol. The number of benzene rings is 1. The Morgan fingerprint density at radius 3 is 2.89 bits per heavy atom. The maximum Gasteiger partial charge on any atom is 0.105 e. The van der Waals surface area contributed by atoms with Gasteiger partial charge in [-0.3, -0.25) is 10.8 Å². The first-order chi connectivity index (χ1) is 9.29. The third-order valence-corrected chi connectivity index (χ3v) is 3.34. The Kier molecular flexibility index (Phi) is 3.03. The number of aromatic nitrogens is 1. The average Bonchev–Trinajstić information content (AvgIpc) is 2.86. The van der Waals surface area contributed by atoms with Crippen LogP contribution in [0, 0.1) is 6.92 Å². The van der Waals surface area contributed by atoms with Crippen LogP contribution in [-0.4, -0.2) is 4.98 Å². The molecule has 0 aliphatic carbocycles. The summed E-state index contributed by atoms with van der Waals surface area (Å²) < 4.78 is 5.35. The summed E-state index contributed by atoms with van der Waals surface area (Å²) in [6.07, 6.45) is 3.47. The van der Waals surface area contributed by atoms with Gasteiger partial charge in [-0.1, -0.05) is 12.1 Å². The largest absolute Gasteiger partial charge is 0.469 e. The van der Waals surface area contributed by atoms with E-state index < -0.39 is 0 Å². The molecule has 1 unspecified atom stereocenters. The van der Waals surface area contributed by atoms with E-state index in [-0.39, 0.29) is 6.04 Å². The van der Waals surface area contributed by atoms with Gasteiger partial charge in [0.15, 0.2) is 0 Å². The summed E-state index contributed by atoms with van der Waals surface area (Å²) in [7, 11) is 0. The minimum Gasteiger partial charge on any atom is -0.469 e. The van der Waals surface area contributed by atoms with Crippen LogP contribution in [0.2, 0.25) is 0 Å². The molecule has 0 saturated heterocycles. The van der Waals surface area contributed by atoms with E-state index in [1.807, 2.05) is 37.3 Å². The van der Waals surface area contributed by atoms with Crippen molar-refractivity contribution in [2.45, 2.75) is 13.0 Å². The summed E-state index contributed by atoms with van der Waals surface area (Å²) >= 11 is 0. The summed E-state index contributed by atoms with van der Waals surface area (Å²) in [6.45, 7) is 1.93. The van der Waals surface area contributed by atoms with Crippen LogP contribution in [0.25, 0.3) is 10.9 Å². The Bertz CT molecular complexity index is 705. The molecule has 0 saturated carbocycles. The Morgan fingerprint density at radius 1 is 1.26 bits per heavy atom. The lowest BCUT2D eigenvalue weighted by atomic mass is 9.98. The molecule has 0 fully saturated rings. The lowest BCUT2D eigenvalue weighted by Crippen LogP contribution is -2.28. The zero-order valence-electron chi connectivity index (χ0n) is 10.6. The second-order valence-corrected chi connectivity index (χ2v) is 4.49. The van der Waals surface area contributed by atoms with Gasteiger partial charge in [0.2, 0.25) is 0 Å². The highest BCUT2D eigenvalue weighted by atomic mass is 16.3. The number of hydrazine groups is 1. The second kappa shape index (κ2) is 4.84. The highest BCUT2D eigenvalue weighted by molar-refractivity contribution is 5.79. The Balaban J connectivity index is 2.09. The number of hydrogen-bond donors (Lipinski definition) is 2. The van der Waals surface area contributed by atoms with Crippen LogP contribution >= 0.6 is 0 Å². The summed E-state index contributed by atoms with van der Waals surface area (Å²) in [5.41, 5.74) is 5.96. The van der Waals surface area contributed by atoms with Crippen LogP contribution in [-0.2, 0) is 0 Å². The van der Waals surface area contributed by atoms with E-state index in [1.54, 1.807) is 12.5 Å². The minimum atomic E-state index is -0.0802. The van der Waals surface area contributed by atoms with Crippen LogP contribution < -0.4 is 11.3 Å². The van der Waals surface area contributed by atoms with E-state index in [0.29, 0.717) is 0 Å². The Labute approximate surface area is 111 Å². The van der Waals surface area contributed by atoms with Crippen molar-refractivity contribution in [2.75, 3.05) is 0 Å². The molecule has 3 rings (SSSR count). The SMILES string of the molecule is Cc1occc1C(NN)c1ccc2ncccc2c1. The van der Waals surface area contributed by atoms with Crippen molar-refractivity contribution < 1.29 is 4.42 Å². The highest BCUT2D eigenvalue weighted by Gasteiger charge is 2.16. The summed E-state index contributed by atoms with van der Waals surface area (Å²) in [5.74, 6) is 6.57. The third kappa shape index (κ3) is 2.12. The normalized spacial score (nSPS) is 12.7. The van der Waals surface area contributed by atoms with E-state index in [1.165, 1.54) is 0 Å². The smallest absolute Gasteiger partial charge is 0.105 e. The van der Waals surface area contributed by atoms with Crippen LogP contribution in [0.3, 0.4) is 0 Å². The van der Waals surface area contributed by atoms with E-state index in [0.717, 1.165) is 27.8 Å². The zero-order chi connectivity index (χ0) is 13.2. The zero-order valence-corrected chi connectivity index (χ0v) is 10.6. The fraction of sp³-hybridized carbons (Fsp3) is 0.133. The highest BCUT2D eigenvalue weighted by Crippen LogP contribution is 2.27. The molecule has 2 heterocycles. The van der Waals surface area contributed by atoms with Gasteiger partial charge in [-0.2, -0.15) is 0 Å². The van der Waals surface area contributed by atoms with Gasteiger partial charge in [0.25, 0.3) is 0 Å². The van der Waals surface area contributed by atoms with Gasteiger partial charge in [-0.15, -0.1) is 0 Å². The number of nitrogens with two attached hydrogens (primary N) is 1. The van der Waals surface area contributed by atoms with E-state index in [2.05, 4.69) is 16.5 Å².